The lowest BCUT2D eigenvalue weighted by Gasteiger charge is -2.12. The van der Waals surface area contributed by atoms with E-state index in [1.54, 1.807) is 30.3 Å². The predicted molar refractivity (Wildman–Crippen MR) is 79.3 cm³/mol. The van der Waals surface area contributed by atoms with Gasteiger partial charge in [0.1, 0.15) is 0 Å². The molecule has 6 heteroatoms. The van der Waals surface area contributed by atoms with Gasteiger partial charge in [-0.3, -0.25) is 0 Å². The van der Waals surface area contributed by atoms with E-state index in [1.807, 2.05) is 13.0 Å². The van der Waals surface area contributed by atoms with Crippen LogP contribution >= 0.6 is 0 Å². The Bertz CT molecular complexity index is 851. The zero-order chi connectivity index (χ0) is 15.7. The Hall–Kier alpha value is -2.52. The zero-order valence-corrected chi connectivity index (χ0v) is 12.6. The number of rotatable bonds is 3. The second kappa shape index (κ2) is 5.35. The molecule has 2 aromatic rings. The number of fused-ring (bicyclic) bond motifs is 1. The van der Waals surface area contributed by atoms with Gasteiger partial charge >= 0.3 is 0 Å². The van der Waals surface area contributed by atoms with Gasteiger partial charge in [-0.1, -0.05) is 23.8 Å². The smallest absolute Gasteiger partial charge is 0.231 e. The summed E-state index contributed by atoms with van der Waals surface area (Å²) >= 11 is 0. The van der Waals surface area contributed by atoms with Gasteiger partial charge in [-0.15, -0.1) is 0 Å². The Balaban J connectivity index is 2.04. The van der Waals surface area contributed by atoms with Crippen molar-refractivity contribution < 1.29 is 17.9 Å². The molecule has 0 fully saturated rings. The molecule has 1 aliphatic heterocycles. The molecule has 0 radical (unpaired) electrons. The summed E-state index contributed by atoms with van der Waals surface area (Å²) in [5, 5.41) is 8.09. The minimum absolute atomic E-state index is 0.0979. The average molecular weight is 315 g/mol. The van der Waals surface area contributed by atoms with Crippen LogP contribution in [0.2, 0.25) is 0 Å². The van der Waals surface area contributed by atoms with Crippen LogP contribution in [0.5, 0.6) is 11.5 Å². The van der Waals surface area contributed by atoms with Gasteiger partial charge in [0.05, 0.1) is 11.0 Å². The molecule has 22 heavy (non-hydrogen) atoms. The van der Waals surface area contributed by atoms with Crippen LogP contribution in [0.1, 0.15) is 16.4 Å². The summed E-state index contributed by atoms with van der Waals surface area (Å²) in [6.07, 6.45) is 0. The van der Waals surface area contributed by atoms with Crippen molar-refractivity contribution in [2.24, 2.45) is 0 Å². The molecule has 0 spiro atoms. The Morgan fingerprint density at radius 1 is 1.09 bits per heavy atom. The van der Waals surface area contributed by atoms with Crippen LogP contribution < -0.4 is 9.47 Å². The fraction of sp³-hybridized carbons (Fsp3) is 0.188. The average Bonchev–Trinajstić information content (AvgIpc) is 2.96. The first-order chi connectivity index (χ1) is 10.5. The van der Waals surface area contributed by atoms with Crippen LogP contribution in [-0.4, -0.2) is 15.2 Å². The maximum Gasteiger partial charge on any atom is 0.231 e. The summed E-state index contributed by atoms with van der Waals surface area (Å²) in [6, 6.07) is 13.1. The van der Waals surface area contributed by atoms with E-state index >= 15 is 0 Å². The van der Waals surface area contributed by atoms with Gasteiger partial charge in [-0.25, -0.2) is 8.42 Å². The number of hydrogen-bond donors (Lipinski definition) is 0. The molecule has 0 N–H and O–H groups in total. The molecule has 0 aliphatic carbocycles. The molecular weight excluding hydrogens is 302 g/mol. The lowest BCUT2D eigenvalue weighted by atomic mass is 10.1. The number of ether oxygens (including phenoxy) is 2. The minimum Gasteiger partial charge on any atom is -0.454 e. The van der Waals surface area contributed by atoms with E-state index in [0.29, 0.717) is 17.1 Å². The Morgan fingerprint density at radius 3 is 2.45 bits per heavy atom. The lowest BCUT2D eigenvalue weighted by Crippen LogP contribution is -2.12. The normalized spacial score (nSPS) is 14.4. The Kier molecular flexibility index (Phi) is 3.51. The van der Waals surface area contributed by atoms with Gasteiger partial charge in [0.2, 0.25) is 6.79 Å². The summed E-state index contributed by atoms with van der Waals surface area (Å²) in [7, 11) is -3.80. The van der Waals surface area contributed by atoms with Crippen LogP contribution in [0.3, 0.4) is 0 Å². The minimum atomic E-state index is -3.80. The molecule has 0 saturated carbocycles. The number of aryl methyl sites for hydroxylation is 1. The molecule has 0 aromatic heterocycles. The first-order valence-corrected chi connectivity index (χ1v) is 8.17. The highest BCUT2D eigenvalue weighted by molar-refractivity contribution is 7.92. The van der Waals surface area contributed by atoms with E-state index < -0.39 is 15.1 Å². The van der Waals surface area contributed by atoms with Crippen LogP contribution in [0.25, 0.3) is 0 Å². The molecule has 112 valence electrons. The molecule has 1 aliphatic rings. The fourth-order valence-corrected chi connectivity index (χ4v) is 3.69. The predicted octanol–water partition coefficient (Wildman–Crippen LogP) is 2.76. The second-order valence-electron chi connectivity index (χ2n) is 4.98. The highest BCUT2D eigenvalue weighted by Crippen LogP contribution is 2.37. The van der Waals surface area contributed by atoms with E-state index in [4.69, 9.17) is 9.47 Å². The van der Waals surface area contributed by atoms with Crippen LogP contribution in [-0.2, 0) is 9.84 Å². The molecule has 0 saturated heterocycles. The van der Waals surface area contributed by atoms with Crippen molar-refractivity contribution in [3.05, 3.63) is 53.6 Å². The zero-order valence-electron chi connectivity index (χ0n) is 11.8. The second-order valence-corrected chi connectivity index (χ2v) is 7.01. The molecule has 1 heterocycles. The van der Waals surface area contributed by atoms with Crippen LogP contribution in [0, 0.1) is 18.3 Å². The Morgan fingerprint density at radius 2 is 1.77 bits per heavy atom. The molecule has 0 amide bonds. The van der Waals surface area contributed by atoms with Gasteiger partial charge in [0.25, 0.3) is 0 Å². The van der Waals surface area contributed by atoms with E-state index in [1.165, 1.54) is 12.1 Å². The molecule has 5 nitrogen and oxygen atoms in total. The van der Waals surface area contributed by atoms with Crippen molar-refractivity contribution in [3.63, 3.8) is 0 Å². The first-order valence-electron chi connectivity index (χ1n) is 6.62. The van der Waals surface area contributed by atoms with E-state index in [2.05, 4.69) is 0 Å². The molecule has 2 aromatic carbocycles. The van der Waals surface area contributed by atoms with Gasteiger partial charge < -0.3 is 9.47 Å². The first kappa shape index (κ1) is 14.4. The van der Waals surface area contributed by atoms with Gasteiger partial charge in [0, 0.05) is 0 Å². The molecule has 1 atom stereocenters. The van der Waals surface area contributed by atoms with Crippen LogP contribution in [0.4, 0.5) is 0 Å². The fourth-order valence-electron chi connectivity index (χ4n) is 2.26. The number of nitriles is 1. The third-order valence-corrected chi connectivity index (χ3v) is 5.40. The summed E-state index contributed by atoms with van der Waals surface area (Å²) in [6.45, 7) is 1.97. The SMILES string of the molecule is Cc1ccc(S(=O)(=O)C(C#N)c2ccc3c(c2)OCO3)cc1. The van der Waals surface area contributed by atoms with Crippen LogP contribution in [0.15, 0.2) is 47.4 Å². The maximum atomic E-state index is 12.7. The number of benzene rings is 2. The van der Waals surface area contributed by atoms with Crippen molar-refractivity contribution in [2.45, 2.75) is 17.1 Å². The lowest BCUT2D eigenvalue weighted by molar-refractivity contribution is 0.174. The highest BCUT2D eigenvalue weighted by atomic mass is 32.2. The summed E-state index contributed by atoms with van der Waals surface area (Å²) in [4.78, 5) is 0.127. The summed E-state index contributed by atoms with van der Waals surface area (Å²) in [5.74, 6) is 1.00. The van der Waals surface area contributed by atoms with Crippen molar-refractivity contribution in [1.29, 1.82) is 5.26 Å². The quantitative estimate of drug-likeness (QED) is 0.870. The summed E-state index contributed by atoms with van der Waals surface area (Å²) < 4.78 is 35.8. The number of sulfone groups is 1. The van der Waals surface area contributed by atoms with Crippen molar-refractivity contribution in [2.75, 3.05) is 6.79 Å². The highest BCUT2D eigenvalue weighted by Gasteiger charge is 2.30. The van der Waals surface area contributed by atoms with Gasteiger partial charge in [-0.2, -0.15) is 5.26 Å². The third-order valence-electron chi connectivity index (χ3n) is 3.48. The van der Waals surface area contributed by atoms with Crippen molar-refractivity contribution in [1.82, 2.24) is 0 Å². The molecule has 0 bridgehead atoms. The standard InChI is InChI=1S/C16H13NO4S/c1-11-2-5-13(6-3-11)22(18,19)16(9-17)12-4-7-14-15(8-12)21-10-20-14/h2-8,16H,10H2,1H3. The van der Waals surface area contributed by atoms with Crippen molar-refractivity contribution in [3.8, 4) is 17.6 Å². The molecular formula is C16H13NO4S. The number of nitrogens with zero attached hydrogens (tertiary/aromatic N) is 1. The largest absolute Gasteiger partial charge is 0.454 e. The van der Waals surface area contributed by atoms with Gasteiger partial charge in [0.15, 0.2) is 26.6 Å². The van der Waals surface area contributed by atoms with E-state index in [0.717, 1.165) is 5.56 Å². The Labute approximate surface area is 128 Å². The maximum absolute atomic E-state index is 12.7. The molecule has 1 unspecified atom stereocenters. The molecule has 3 rings (SSSR count). The number of hydrogen-bond acceptors (Lipinski definition) is 5. The summed E-state index contributed by atoms with van der Waals surface area (Å²) in [5.41, 5.74) is 1.32. The monoisotopic (exact) mass is 315 g/mol. The van der Waals surface area contributed by atoms with E-state index in [-0.39, 0.29) is 11.7 Å². The van der Waals surface area contributed by atoms with E-state index in [9.17, 15) is 13.7 Å². The topological polar surface area (TPSA) is 76.4 Å². The van der Waals surface area contributed by atoms with Gasteiger partial charge in [-0.05, 0) is 36.8 Å². The van der Waals surface area contributed by atoms with Crippen molar-refractivity contribution >= 4 is 9.84 Å². The third kappa shape index (κ3) is 2.40.